The van der Waals surface area contributed by atoms with Crippen molar-refractivity contribution in [2.45, 2.75) is 25.1 Å². The molecular weight excluding hydrogens is 323 g/mol. The Hall–Kier alpha value is -0.870. The monoisotopic (exact) mass is 343 g/mol. The van der Waals surface area contributed by atoms with E-state index in [4.69, 9.17) is 0 Å². The molecule has 1 unspecified atom stereocenters. The van der Waals surface area contributed by atoms with Crippen molar-refractivity contribution in [3.8, 4) is 0 Å². The summed E-state index contributed by atoms with van der Waals surface area (Å²) in [6, 6.07) is -0.571. The summed E-state index contributed by atoms with van der Waals surface area (Å²) in [6.45, 7) is 0.167. The predicted octanol–water partition coefficient (Wildman–Crippen LogP) is 0.117. The molecule has 0 aromatic rings. The number of hydrogen-bond acceptors (Lipinski definition) is 4. The Labute approximate surface area is 127 Å². The van der Waals surface area contributed by atoms with Gasteiger partial charge in [-0.05, 0) is 12.8 Å². The summed E-state index contributed by atoms with van der Waals surface area (Å²) in [4.78, 5) is 14.9. The first-order chi connectivity index (χ1) is 10.1. The van der Waals surface area contributed by atoms with E-state index >= 15 is 0 Å². The lowest BCUT2D eigenvalue weighted by Gasteiger charge is -2.42. The van der Waals surface area contributed by atoms with Gasteiger partial charge in [0, 0.05) is 32.7 Å². The number of hydrogen-bond donors (Lipinski definition) is 0. The molecule has 10 heteroatoms. The van der Waals surface area contributed by atoms with Crippen molar-refractivity contribution < 1.29 is 26.4 Å². The van der Waals surface area contributed by atoms with Crippen LogP contribution in [0.5, 0.6) is 0 Å². The molecule has 0 aromatic heterocycles. The maximum absolute atomic E-state index is 12.5. The highest BCUT2D eigenvalue weighted by Gasteiger charge is 2.40. The number of sulfonamides is 1. The Balaban J connectivity index is 1.97. The molecule has 22 heavy (non-hydrogen) atoms. The highest BCUT2D eigenvalue weighted by molar-refractivity contribution is 7.88. The topological polar surface area (TPSA) is 60.9 Å². The first-order valence-corrected chi connectivity index (χ1v) is 8.97. The zero-order valence-electron chi connectivity index (χ0n) is 12.3. The van der Waals surface area contributed by atoms with Crippen molar-refractivity contribution in [2.75, 3.05) is 45.5 Å². The first kappa shape index (κ1) is 17.5. The second-order valence-electron chi connectivity index (χ2n) is 5.73. The van der Waals surface area contributed by atoms with Gasteiger partial charge in [0.05, 0.1) is 12.3 Å². The lowest BCUT2D eigenvalue weighted by atomic mass is 10.0. The molecule has 0 saturated carbocycles. The van der Waals surface area contributed by atoms with E-state index in [2.05, 4.69) is 0 Å². The number of nitrogens with zero attached hydrogens (tertiary/aromatic N) is 3. The zero-order chi connectivity index (χ0) is 16.5. The quantitative estimate of drug-likeness (QED) is 0.730. The van der Waals surface area contributed by atoms with Crippen LogP contribution in [0.15, 0.2) is 0 Å². The van der Waals surface area contributed by atoms with Gasteiger partial charge in [0.15, 0.2) is 0 Å². The van der Waals surface area contributed by atoms with Crippen LogP contribution in [0.3, 0.4) is 0 Å². The van der Waals surface area contributed by atoms with Crippen molar-refractivity contribution >= 4 is 15.9 Å². The number of amides is 1. The molecule has 1 atom stereocenters. The normalized spacial score (nSPS) is 26.5. The summed E-state index contributed by atoms with van der Waals surface area (Å²) in [5, 5.41) is 0. The summed E-state index contributed by atoms with van der Waals surface area (Å²) in [5.74, 6) is -0.503. The average molecular weight is 343 g/mol. The standard InChI is InChI=1S/C12H20F3N3O3S/c1-22(20,21)18-7-5-16(6-8-18)10-3-2-4-17(11(10)19)9-12(13,14)15/h10H,2-9H2,1H3. The second-order valence-corrected chi connectivity index (χ2v) is 7.71. The molecule has 6 nitrogen and oxygen atoms in total. The van der Waals surface area contributed by atoms with Crippen LogP contribution in [-0.2, 0) is 14.8 Å². The van der Waals surface area contributed by atoms with E-state index in [1.54, 1.807) is 4.90 Å². The molecule has 2 saturated heterocycles. The molecule has 2 rings (SSSR count). The molecule has 0 N–H and O–H groups in total. The van der Waals surface area contributed by atoms with E-state index in [1.165, 1.54) is 4.31 Å². The Morgan fingerprint density at radius 1 is 1.14 bits per heavy atom. The zero-order valence-corrected chi connectivity index (χ0v) is 13.2. The largest absolute Gasteiger partial charge is 0.406 e. The summed E-state index contributed by atoms with van der Waals surface area (Å²) in [7, 11) is -3.27. The molecule has 2 heterocycles. The summed E-state index contributed by atoms with van der Waals surface area (Å²) in [5.41, 5.74) is 0. The van der Waals surface area contributed by atoms with Gasteiger partial charge in [-0.1, -0.05) is 0 Å². The molecule has 2 fully saturated rings. The Kier molecular flexibility index (Phi) is 5.03. The van der Waals surface area contributed by atoms with Crippen molar-refractivity contribution in [1.82, 2.24) is 14.1 Å². The third-order valence-electron chi connectivity index (χ3n) is 4.06. The van der Waals surface area contributed by atoms with Crippen molar-refractivity contribution in [1.29, 1.82) is 0 Å². The third-order valence-corrected chi connectivity index (χ3v) is 5.36. The number of likely N-dealkylation sites (tertiary alicyclic amines) is 1. The smallest absolute Gasteiger partial charge is 0.332 e. The third kappa shape index (κ3) is 4.32. The van der Waals surface area contributed by atoms with Gasteiger partial charge in [-0.25, -0.2) is 8.42 Å². The van der Waals surface area contributed by atoms with Crippen LogP contribution in [0.2, 0.25) is 0 Å². The number of piperidine rings is 1. The summed E-state index contributed by atoms with van der Waals surface area (Å²) < 4.78 is 61.7. The Morgan fingerprint density at radius 3 is 2.23 bits per heavy atom. The maximum atomic E-state index is 12.5. The van der Waals surface area contributed by atoms with Crippen molar-refractivity contribution in [3.05, 3.63) is 0 Å². The molecular formula is C12H20F3N3O3S. The minimum atomic E-state index is -4.40. The molecule has 0 aromatic carbocycles. The van der Waals surface area contributed by atoms with Gasteiger partial charge in [-0.3, -0.25) is 9.69 Å². The minimum absolute atomic E-state index is 0.123. The number of halogens is 3. The number of carbonyl (C=O) groups is 1. The van der Waals surface area contributed by atoms with Crippen LogP contribution in [0.1, 0.15) is 12.8 Å². The van der Waals surface area contributed by atoms with Gasteiger partial charge in [0.1, 0.15) is 6.54 Å². The van der Waals surface area contributed by atoms with Crippen molar-refractivity contribution in [3.63, 3.8) is 0 Å². The molecule has 2 aliphatic heterocycles. The molecule has 0 spiro atoms. The first-order valence-electron chi connectivity index (χ1n) is 7.12. The van der Waals surface area contributed by atoms with E-state index in [0.29, 0.717) is 25.9 Å². The van der Waals surface area contributed by atoms with E-state index in [1.807, 2.05) is 0 Å². The lowest BCUT2D eigenvalue weighted by molar-refractivity contribution is -0.168. The van der Waals surface area contributed by atoms with Crippen LogP contribution in [0.4, 0.5) is 13.2 Å². The lowest BCUT2D eigenvalue weighted by Crippen LogP contribution is -2.59. The van der Waals surface area contributed by atoms with Gasteiger partial charge < -0.3 is 4.90 Å². The molecule has 2 aliphatic rings. The van der Waals surface area contributed by atoms with Gasteiger partial charge in [-0.15, -0.1) is 0 Å². The molecule has 0 bridgehead atoms. The van der Waals surface area contributed by atoms with E-state index < -0.39 is 34.7 Å². The molecule has 0 aliphatic carbocycles. The van der Waals surface area contributed by atoms with Crippen LogP contribution < -0.4 is 0 Å². The highest BCUT2D eigenvalue weighted by Crippen LogP contribution is 2.23. The fraction of sp³-hybridized carbons (Fsp3) is 0.917. The second kappa shape index (κ2) is 6.32. The highest BCUT2D eigenvalue weighted by atomic mass is 32.2. The maximum Gasteiger partial charge on any atom is 0.406 e. The molecule has 1 amide bonds. The van der Waals surface area contributed by atoms with Gasteiger partial charge >= 0.3 is 6.18 Å². The fourth-order valence-electron chi connectivity index (χ4n) is 2.98. The summed E-state index contributed by atoms with van der Waals surface area (Å²) in [6.07, 6.45) is -2.23. The fourth-order valence-corrected chi connectivity index (χ4v) is 3.81. The predicted molar refractivity (Wildman–Crippen MR) is 73.6 cm³/mol. The SMILES string of the molecule is CS(=O)(=O)N1CCN(C2CCCN(CC(F)(F)F)C2=O)CC1. The van der Waals surface area contributed by atoms with Crippen LogP contribution >= 0.6 is 0 Å². The van der Waals surface area contributed by atoms with E-state index in [0.717, 1.165) is 11.2 Å². The number of carbonyl (C=O) groups excluding carboxylic acids is 1. The van der Waals surface area contributed by atoms with Crippen LogP contribution in [-0.4, -0.2) is 86.2 Å². The van der Waals surface area contributed by atoms with Crippen LogP contribution in [0, 0.1) is 0 Å². The van der Waals surface area contributed by atoms with Gasteiger partial charge in [-0.2, -0.15) is 17.5 Å². The van der Waals surface area contributed by atoms with Gasteiger partial charge in [0.25, 0.3) is 0 Å². The van der Waals surface area contributed by atoms with E-state index in [9.17, 15) is 26.4 Å². The minimum Gasteiger partial charge on any atom is -0.332 e. The molecule has 0 radical (unpaired) electrons. The average Bonchev–Trinajstić information content (AvgIpc) is 2.39. The van der Waals surface area contributed by atoms with Gasteiger partial charge in [0.2, 0.25) is 15.9 Å². The summed E-state index contributed by atoms with van der Waals surface area (Å²) >= 11 is 0. The Bertz CT molecular complexity index is 515. The number of rotatable bonds is 3. The van der Waals surface area contributed by atoms with Crippen molar-refractivity contribution in [2.24, 2.45) is 0 Å². The van der Waals surface area contributed by atoms with Crippen LogP contribution in [0.25, 0.3) is 0 Å². The number of alkyl halides is 3. The molecule has 128 valence electrons. The Morgan fingerprint density at radius 2 is 1.73 bits per heavy atom. The van der Waals surface area contributed by atoms with E-state index in [-0.39, 0.29) is 19.6 Å². The number of piperazine rings is 1.